The van der Waals surface area contributed by atoms with Crippen molar-refractivity contribution in [2.45, 2.75) is 19.3 Å². The summed E-state index contributed by atoms with van der Waals surface area (Å²) in [5.41, 5.74) is 3.00. The van der Waals surface area contributed by atoms with Gasteiger partial charge in [-0.2, -0.15) is 0 Å². The van der Waals surface area contributed by atoms with Crippen LogP contribution in [0.15, 0.2) is 72.8 Å². The van der Waals surface area contributed by atoms with Crippen LogP contribution in [0.1, 0.15) is 22.8 Å². The van der Waals surface area contributed by atoms with Gasteiger partial charge in [0.05, 0.1) is 16.1 Å². The molecule has 0 saturated heterocycles. The number of halogens is 2. The van der Waals surface area contributed by atoms with Gasteiger partial charge in [0.25, 0.3) is 0 Å². The SMILES string of the molecule is OC(CNCc1ccc(OCc2ccc(Cl)c(Cl)c2)cc1)c1ccccc1. The molecule has 0 spiro atoms. The van der Waals surface area contributed by atoms with Gasteiger partial charge in [-0.15, -0.1) is 0 Å². The second-order valence-corrected chi connectivity index (χ2v) is 7.05. The number of nitrogens with one attached hydrogen (secondary N) is 1. The van der Waals surface area contributed by atoms with Crippen molar-refractivity contribution in [1.29, 1.82) is 0 Å². The summed E-state index contributed by atoms with van der Waals surface area (Å²) in [4.78, 5) is 0. The molecule has 3 aromatic carbocycles. The van der Waals surface area contributed by atoms with Crippen LogP contribution < -0.4 is 10.1 Å². The molecule has 0 aliphatic heterocycles. The van der Waals surface area contributed by atoms with Crippen molar-refractivity contribution in [3.8, 4) is 5.75 Å². The van der Waals surface area contributed by atoms with Crippen LogP contribution in [0.4, 0.5) is 0 Å². The smallest absolute Gasteiger partial charge is 0.119 e. The van der Waals surface area contributed by atoms with Gasteiger partial charge in [0, 0.05) is 13.1 Å². The van der Waals surface area contributed by atoms with Crippen LogP contribution >= 0.6 is 23.2 Å². The van der Waals surface area contributed by atoms with E-state index in [4.69, 9.17) is 27.9 Å². The van der Waals surface area contributed by atoms with Crippen LogP contribution in [0.2, 0.25) is 10.0 Å². The first-order valence-corrected chi connectivity index (χ1v) is 9.47. The molecule has 0 aliphatic rings. The highest BCUT2D eigenvalue weighted by Gasteiger charge is 2.06. The number of aliphatic hydroxyl groups excluding tert-OH is 1. The molecule has 3 rings (SSSR count). The van der Waals surface area contributed by atoms with Gasteiger partial charge >= 0.3 is 0 Å². The van der Waals surface area contributed by atoms with Crippen molar-refractivity contribution < 1.29 is 9.84 Å². The van der Waals surface area contributed by atoms with Crippen LogP contribution in [-0.4, -0.2) is 11.7 Å². The summed E-state index contributed by atoms with van der Waals surface area (Å²) in [6, 6.07) is 23.0. The molecule has 3 nitrogen and oxygen atoms in total. The zero-order chi connectivity index (χ0) is 19.1. The van der Waals surface area contributed by atoms with Gasteiger partial charge in [-0.05, 0) is 41.0 Å². The number of benzene rings is 3. The standard InChI is InChI=1S/C22H21Cl2NO2/c23-20-11-8-17(12-21(20)24)15-27-19-9-6-16(7-10-19)13-25-14-22(26)18-4-2-1-3-5-18/h1-12,22,25-26H,13-15H2. The maximum Gasteiger partial charge on any atom is 0.119 e. The Bertz CT molecular complexity index is 854. The van der Waals surface area contributed by atoms with E-state index in [0.717, 1.165) is 22.4 Å². The highest BCUT2D eigenvalue weighted by atomic mass is 35.5. The fourth-order valence-corrected chi connectivity index (χ4v) is 2.97. The van der Waals surface area contributed by atoms with E-state index in [0.29, 0.717) is 29.7 Å². The van der Waals surface area contributed by atoms with E-state index in [9.17, 15) is 5.11 Å². The summed E-state index contributed by atoms with van der Waals surface area (Å²) in [5, 5.41) is 14.5. The van der Waals surface area contributed by atoms with Gasteiger partial charge in [0.1, 0.15) is 12.4 Å². The Labute approximate surface area is 169 Å². The summed E-state index contributed by atoms with van der Waals surface area (Å²) >= 11 is 11.9. The third kappa shape index (κ3) is 5.98. The predicted molar refractivity (Wildman–Crippen MR) is 110 cm³/mol. The normalized spacial score (nSPS) is 12.0. The third-order valence-electron chi connectivity index (χ3n) is 4.16. The maximum absolute atomic E-state index is 10.2. The Morgan fingerprint density at radius 2 is 1.56 bits per heavy atom. The van der Waals surface area contributed by atoms with Gasteiger partial charge in [-0.1, -0.05) is 71.7 Å². The minimum atomic E-state index is -0.514. The molecule has 0 radical (unpaired) electrons. The summed E-state index contributed by atoms with van der Waals surface area (Å²) in [5.74, 6) is 0.786. The fraction of sp³-hybridized carbons (Fsp3) is 0.182. The summed E-state index contributed by atoms with van der Waals surface area (Å²) in [6.45, 7) is 1.61. The van der Waals surface area contributed by atoms with Gasteiger partial charge in [-0.3, -0.25) is 0 Å². The molecule has 2 N–H and O–H groups in total. The summed E-state index contributed by atoms with van der Waals surface area (Å²) < 4.78 is 5.78. The molecule has 0 saturated carbocycles. The van der Waals surface area contributed by atoms with Crippen molar-refractivity contribution in [2.24, 2.45) is 0 Å². The second-order valence-electron chi connectivity index (χ2n) is 6.24. The average Bonchev–Trinajstić information content (AvgIpc) is 2.70. The van der Waals surface area contributed by atoms with Crippen molar-refractivity contribution in [3.05, 3.63) is 99.5 Å². The molecule has 0 aromatic heterocycles. The Morgan fingerprint density at radius 3 is 2.26 bits per heavy atom. The van der Waals surface area contributed by atoms with E-state index in [2.05, 4.69) is 5.32 Å². The monoisotopic (exact) mass is 401 g/mol. The van der Waals surface area contributed by atoms with E-state index in [-0.39, 0.29) is 0 Å². The predicted octanol–water partition coefficient (Wildman–Crippen LogP) is 5.40. The third-order valence-corrected chi connectivity index (χ3v) is 4.90. The van der Waals surface area contributed by atoms with E-state index in [1.807, 2.05) is 60.7 Å². The minimum Gasteiger partial charge on any atom is -0.489 e. The molecule has 0 heterocycles. The first-order valence-electron chi connectivity index (χ1n) is 8.71. The molecule has 0 fully saturated rings. The van der Waals surface area contributed by atoms with E-state index in [1.54, 1.807) is 12.1 Å². The van der Waals surface area contributed by atoms with Gasteiger partial charge in [-0.25, -0.2) is 0 Å². The van der Waals surface area contributed by atoms with Gasteiger partial charge in [0.15, 0.2) is 0 Å². The minimum absolute atomic E-state index is 0.428. The molecule has 3 aromatic rings. The zero-order valence-corrected chi connectivity index (χ0v) is 16.3. The largest absolute Gasteiger partial charge is 0.489 e. The molecule has 0 amide bonds. The van der Waals surface area contributed by atoms with Crippen LogP contribution in [0, 0.1) is 0 Å². The lowest BCUT2D eigenvalue weighted by atomic mass is 10.1. The number of rotatable bonds is 8. The molecule has 0 bridgehead atoms. The fourth-order valence-electron chi connectivity index (χ4n) is 2.65. The molecule has 1 unspecified atom stereocenters. The lowest BCUT2D eigenvalue weighted by Gasteiger charge is -2.12. The van der Waals surface area contributed by atoms with E-state index < -0.39 is 6.10 Å². The van der Waals surface area contributed by atoms with Crippen LogP contribution in [0.25, 0.3) is 0 Å². The van der Waals surface area contributed by atoms with Crippen molar-refractivity contribution >= 4 is 23.2 Å². The van der Waals surface area contributed by atoms with Crippen LogP contribution in [0.3, 0.4) is 0 Å². The van der Waals surface area contributed by atoms with Crippen LogP contribution in [-0.2, 0) is 13.2 Å². The quantitative estimate of drug-likeness (QED) is 0.531. The Hall–Kier alpha value is -2.04. The zero-order valence-electron chi connectivity index (χ0n) is 14.7. The van der Waals surface area contributed by atoms with Gasteiger partial charge in [0.2, 0.25) is 0 Å². The molecular formula is C22H21Cl2NO2. The Kier molecular flexibility index (Phi) is 7.13. The van der Waals surface area contributed by atoms with E-state index >= 15 is 0 Å². The van der Waals surface area contributed by atoms with Crippen molar-refractivity contribution in [2.75, 3.05) is 6.54 Å². The van der Waals surface area contributed by atoms with Crippen LogP contribution in [0.5, 0.6) is 5.75 Å². The first kappa shape index (κ1) is 19.7. The average molecular weight is 402 g/mol. The molecular weight excluding hydrogens is 381 g/mol. The van der Waals surface area contributed by atoms with Crippen molar-refractivity contribution in [3.63, 3.8) is 0 Å². The highest BCUT2D eigenvalue weighted by Crippen LogP contribution is 2.23. The van der Waals surface area contributed by atoms with Gasteiger partial charge < -0.3 is 15.2 Å². The van der Waals surface area contributed by atoms with Crippen molar-refractivity contribution in [1.82, 2.24) is 5.32 Å². The molecule has 5 heteroatoms. The number of hydrogen-bond donors (Lipinski definition) is 2. The number of aliphatic hydroxyl groups is 1. The Morgan fingerprint density at radius 1 is 0.852 bits per heavy atom. The lowest BCUT2D eigenvalue weighted by Crippen LogP contribution is -2.20. The molecule has 140 valence electrons. The summed E-state index contributed by atoms with van der Waals surface area (Å²) in [7, 11) is 0. The Balaban J connectivity index is 1.45. The second kappa shape index (κ2) is 9.77. The first-order chi connectivity index (χ1) is 13.1. The van der Waals surface area contributed by atoms with E-state index in [1.165, 1.54) is 0 Å². The lowest BCUT2D eigenvalue weighted by molar-refractivity contribution is 0.174. The number of ether oxygens (including phenoxy) is 1. The maximum atomic E-state index is 10.2. The topological polar surface area (TPSA) is 41.5 Å². The molecule has 1 atom stereocenters. The molecule has 27 heavy (non-hydrogen) atoms. The summed E-state index contributed by atoms with van der Waals surface area (Å²) in [6.07, 6.45) is -0.514. The number of hydrogen-bond acceptors (Lipinski definition) is 3. The molecule has 0 aliphatic carbocycles. The highest BCUT2D eigenvalue weighted by molar-refractivity contribution is 6.42.